The first-order valence-corrected chi connectivity index (χ1v) is 6.53. The van der Waals surface area contributed by atoms with E-state index in [1.165, 1.54) is 33.3 Å². The van der Waals surface area contributed by atoms with Crippen molar-refractivity contribution < 1.29 is 9.53 Å². The van der Waals surface area contributed by atoms with Gasteiger partial charge in [0, 0.05) is 51.7 Å². The van der Waals surface area contributed by atoms with E-state index < -0.39 is 0 Å². The summed E-state index contributed by atoms with van der Waals surface area (Å²) in [4.78, 5) is 16.0. The molecule has 2 aliphatic heterocycles. The van der Waals surface area contributed by atoms with Crippen LogP contribution in [0.1, 0.15) is 12.8 Å². The van der Waals surface area contributed by atoms with E-state index in [1.54, 1.807) is 0 Å². The molecular weight excluding hydrogens is 218 g/mol. The zero-order valence-corrected chi connectivity index (χ0v) is 10.7. The van der Waals surface area contributed by atoms with Crippen molar-refractivity contribution in [1.82, 2.24) is 15.1 Å². The third kappa shape index (κ3) is 3.66. The van der Waals surface area contributed by atoms with Crippen LogP contribution in [0.5, 0.6) is 0 Å². The highest BCUT2D eigenvalue weighted by Gasteiger charge is 2.31. The average molecular weight is 241 g/mol. The van der Waals surface area contributed by atoms with Gasteiger partial charge in [0.15, 0.2) is 0 Å². The molecule has 2 fully saturated rings. The molecular formula is C12H23N3O2. The topological polar surface area (TPSA) is 44.8 Å². The van der Waals surface area contributed by atoms with Gasteiger partial charge < -0.3 is 15.0 Å². The van der Waals surface area contributed by atoms with Crippen molar-refractivity contribution in [1.29, 1.82) is 0 Å². The quantitative estimate of drug-likeness (QED) is 0.659. The molecule has 0 aromatic heterocycles. The first-order valence-electron chi connectivity index (χ1n) is 6.53. The molecule has 2 aliphatic rings. The minimum absolute atomic E-state index is 0.0934. The predicted octanol–water partition coefficient (Wildman–Crippen LogP) is -0.471. The van der Waals surface area contributed by atoms with E-state index in [0.29, 0.717) is 6.42 Å². The molecule has 17 heavy (non-hydrogen) atoms. The minimum atomic E-state index is -0.0934. The molecule has 1 N–H and O–H groups in total. The summed E-state index contributed by atoms with van der Waals surface area (Å²) >= 11 is 0. The van der Waals surface area contributed by atoms with Gasteiger partial charge in [-0.2, -0.15) is 0 Å². The Balaban J connectivity index is 1.54. The summed E-state index contributed by atoms with van der Waals surface area (Å²) in [5, 5.41) is 3.38. The second-order valence-electron chi connectivity index (χ2n) is 4.88. The van der Waals surface area contributed by atoms with Crippen molar-refractivity contribution in [3.8, 4) is 0 Å². The van der Waals surface area contributed by atoms with E-state index in [1.807, 2.05) is 0 Å². The Morgan fingerprint density at radius 3 is 2.71 bits per heavy atom. The number of piperazine rings is 1. The lowest BCUT2D eigenvalue weighted by Crippen LogP contribution is -2.62. The fourth-order valence-electron chi connectivity index (χ4n) is 2.55. The molecule has 2 rings (SSSR count). The molecule has 0 aromatic carbocycles. The van der Waals surface area contributed by atoms with E-state index in [9.17, 15) is 4.79 Å². The number of ether oxygens (including phenoxy) is 1. The van der Waals surface area contributed by atoms with Gasteiger partial charge in [-0.05, 0) is 13.0 Å². The van der Waals surface area contributed by atoms with E-state index in [2.05, 4.69) is 19.9 Å². The molecule has 0 aliphatic carbocycles. The Labute approximate surface area is 103 Å². The summed E-state index contributed by atoms with van der Waals surface area (Å²) in [5.74, 6) is -0.0934. The number of nitrogens with zero attached hydrogens (tertiary/aromatic N) is 2. The monoisotopic (exact) mass is 241 g/mol. The van der Waals surface area contributed by atoms with E-state index in [-0.39, 0.29) is 5.97 Å². The number of nitrogens with one attached hydrogen (secondary N) is 1. The van der Waals surface area contributed by atoms with Crippen molar-refractivity contribution in [2.75, 3.05) is 52.9 Å². The van der Waals surface area contributed by atoms with Crippen molar-refractivity contribution in [3.05, 3.63) is 0 Å². The van der Waals surface area contributed by atoms with Crippen molar-refractivity contribution in [2.24, 2.45) is 0 Å². The molecule has 5 heteroatoms. The SMILES string of the molecule is COC(=O)CCCN1CC(N2CCNCC2)C1. The van der Waals surface area contributed by atoms with Gasteiger partial charge >= 0.3 is 5.97 Å². The van der Waals surface area contributed by atoms with Gasteiger partial charge in [-0.15, -0.1) is 0 Å². The second kappa shape index (κ2) is 6.33. The van der Waals surface area contributed by atoms with Crippen LogP contribution in [0, 0.1) is 0 Å². The third-order valence-corrected chi connectivity index (χ3v) is 3.69. The summed E-state index contributed by atoms with van der Waals surface area (Å²) in [6.45, 7) is 7.97. The largest absolute Gasteiger partial charge is 0.469 e. The standard InChI is InChI=1S/C12H23N3O2/c1-17-12(16)3-2-6-14-9-11(10-14)15-7-4-13-5-8-15/h11,13H,2-10H2,1H3. The van der Waals surface area contributed by atoms with E-state index >= 15 is 0 Å². The molecule has 0 atom stereocenters. The van der Waals surface area contributed by atoms with Crippen LogP contribution in [0.4, 0.5) is 0 Å². The van der Waals surface area contributed by atoms with Gasteiger partial charge in [-0.25, -0.2) is 0 Å². The minimum Gasteiger partial charge on any atom is -0.469 e. The van der Waals surface area contributed by atoms with Crippen molar-refractivity contribution >= 4 is 5.97 Å². The Hall–Kier alpha value is -0.650. The van der Waals surface area contributed by atoms with Crippen molar-refractivity contribution in [3.63, 3.8) is 0 Å². The maximum Gasteiger partial charge on any atom is 0.305 e. The lowest BCUT2D eigenvalue weighted by molar-refractivity contribution is -0.140. The van der Waals surface area contributed by atoms with E-state index in [0.717, 1.165) is 32.1 Å². The predicted molar refractivity (Wildman–Crippen MR) is 65.9 cm³/mol. The van der Waals surface area contributed by atoms with Crippen LogP contribution in [0.25, 0.3) is 0 Å². The normalized spacial score (nSPS) is 23.4. The Morgan fingerprint density at radius 2 is 2.06 bits per heavy atom. The van der Waals surface area contributed by atoms with Gasteiger partial charge in [-0.3, -0.25) is 9.69 Å². The molecule has 98 valence electrons. The van der Waals surface area contributed by atoms with Crippen LogP contribution < -0.4 is 5.32 Å². The number of hydrogen-bond acceptors (Lipinski definition) is 5. The number of likely N-dealkylation sites (tertiary alicyclic amines) is 1. The second-order valence-corrected chi connectivity index (χ2v) is 4.88. The van der Waals surface area contributed by atoms with Crippen LogP contribution >= 0.6 is 0 Å². The summed E-state index contributed by atoms with van der Waals surface area (Å²) in [6.07, 6.45) is 1.46. The van der Waals surface area contributed by atoms with Crippen LogP contribution in [0.3, 0.4) is 0 Å². The smallest absolute Gasteiger partial charge is 0.305 e. The summed E-state index contributed by atoms with van der Waals surface area (Å²) < 4.78 is 4.63. The number of rotatable bonds is 5. The molecule has 2 saturated heterocycles. The summed E-state index contributed by atoms with van der Waals surface area (Å²) in [6, 6.07) is 0.746. The third-order valence-electron chi connectivity index (χ3n) is 3.69. The van der Waals surface area contributed by atoms with Crippen LogP contribution in [-0.2, 0) is 9.53 Å². The zero-order chi connectivity index (χ0) is 12.1. The number of hydrogen-bond donors (Lipinski definition) is 1. The molecule has 0 saturated carbocycles. The Bertz CT molecular complexity index is 248. The maximum absolute atomic E-state index is 11.0. The fraction of sp³-hybridized carbons (Fsp3) is 0.917. The summed E-state index contributed by atoms with van der Waals surface area (Å²) in [7, 11) is 1.45. The number of methoxy groups -OCH3 is 1. The molecule has 5 nitrogen and oxygen atoms in total. The molecule has 2 heterocycles. The highest BCUT2D eigenvalue weighted by Crippen LogP contribution is 2.15. The van der Waals surface area contributed by atoms with Gasteiger partial charge in [-0.1, -0.05) is 0 Å². The van der Waals surface area contributed by atoms with E-state index in [4.69, 9.17) is 0 Å². The molecule has 0 unspecified atom stereocenters. The molecule has 0 spiro atoms. The molecule has 0 aromatic rings. The van der Waals surface area contributed by atoms with Gasteiger partial charge in [0.25, 0.3) is 0 Å². The van der Waals surface area contributed by atoms with Crippen LogP contribution in [0.2, 0.25) is 0 Å². The van der Waals surface area contributed by atoms with Gasteiger partial charge in [0.1, 0.15) is 0 Å². The Morgan fingerprint density at radius 1 is 1.35 bits per heavy atom. The molecule has 0 amide bonds. The first kappa shape index (κ1) is 12.8. The highest BCUT2D eigenvalue weighted by atomic mass is 16.5. The number of carbonyl (C=O) groups excluding carboxylic acids is 1. The fourth-order valence-corrected chi connectivity index (χ4v) is 2.55. The lowest BCUT2D eigenvalue weighted by Gasteiger charge is -2.46. The Kier molecular flexibility index (Phi) is 4.76. The van der Waals surface area contributed by atoms with Crippen molar-refractivity contribution in [2.45, 2.75) is 18.9 Å². The first-order chi connectivity index (χ1) is 8.29. The molecule has 0 radical (unpaired) electrons. The van der Waals surface area contributed by atoms with Gasteiger partial charge in [0.05, 0.1) is 7.11 Å². The zero-order valence-electron chi connectivity index (χ0n) is 10.7. The van der Waals surface area contributed by atoms with Crippen LogP contribution in [0.15, 0.2) is 0 Å². The van der Waals surface area contributed by atoms with Gasteiger partial charge in [0.2, 0.25) is 0 Å². The highest BCUT2D eigenvalue weighted by molar-refractivity contribution is 5.69. The summed E-state index contributed by atoms with van der Waals surface area (Å²) in [5.41, 5.74) is 0. The average Bonchev–Trinajstić information content (AvgIpc) is 2.32. The lowest BCUT2D eigenvalue weighted by atomic mass is 10.1. The molecule has 0 bridgehead atoms. The van der Waals surface area contributed by atoms with Crippen LogP contribution in [-0.4, -0.2) is 74.7 Å². The number of carbonyl (C=O) groups is 1. The number of esters is 1. The maximum atomic E-state index is 11.0.